The first-order valence-corrected chi connectivity index (χ1v) is 7.19. The van der Waals surface area contributed by atoms with E-state index in [2.05, 4.69) is 4.98 Å². The van der Waals surface area contributed by atoms with Gasteiger partial charge in [0.25, 0.3) is 0 Å². The summed E-state index contributed by atoms with van der Waals surface area (Å²) in [6.07, 6.45) is 5.94. The molecule has 1 fully saturated rings. The molecule has 1 aliphatic heterocycles. The van der Waals surface area contributed by atoms with Crippen LogP contribution in [-0.2, 0) is 0 Å². The molecule has 0 radical (unpaired) electrons. The summed E-state index contributed by atoms with van der Waals surface area (Å²) >= 11 is 1.99. The van der Waals surface area contributed by atoms with Crippen LogP contribution in [0.1, 0.15) is 34.8 Å². The van der Waals surface area contributed by atoms with Crippen molar-refractivity contribution in [2.75, 3.05) is 11.5 Å². The fourth-order valence-electron chi connectivity index (χ4n) is 2.33. The lowest BCUT2D eigenvalue weighted by atomic mass is 10.00. The third kappa shape index (κ3) is 2.10. The normalized spacial score (nSPS) is 17.1. The summed E-state index contributed by atoms with van der Waals surface area (Å²) in [6, 6.07) is 3.37. The van der Waals surface area contributed by atoms with Crippen LogP contribution in [0.5, 0.6) is 0 Å². The Labute approximate surface area is 109 Å². The Balaban J connectivity index is 1.97. The van der Waals surface area contributed by atoms with E-state index in [1.165, 1.54) is 24.3 Å². The molecule has 1 N–H and O–H groups in total. The molecular weight excluding hydrogens is 248 g/mol. The summed E-state index contributed by atoms with van der Waals surface area (Å²) < 4.78 is 1.82. The zero-order valence-electron chi connectivity index (χ0n) is 9.87. The minimum atomic E-state index is -0.902. The Morgan fingerprint density at radius 3 is 2.83 bits per heavy atom. The zero-order chi connectivity index (χ0) is 12.5. The van der Waals surface area contributed by atoms with E-state index >= 15 is 0 Å². The number of pyridine rings is 1. The van der Waals surface area contributed by atoms with Gasteiger partial charge in [-0.3, -0.25) is 0 Å². The number of aromatic nitrogens is 2. The number of nitrogens with zero attached hydrogens (tertiary/aromatic N) is 2. The van der Waals surface area contributed by atoms with Crippen molar-refractivity contribution >= 4 is 23.4 Å². The molecule has 2 aromatic heterocycles. The Hall–Kier alpha value is -1.49. The van der Waals surface area contributed by atoms with Crippen LogP contribution in [0.4, 0.5) is 0 Å². The highest BCUT2D eigenvalue weighted by atomic mass is 32.2. The summed E-state index contributed by atoms with van der Waals surface area (Å²) in [5.74, 6) is 2.01. The molecule has 3 heterocycles. The summed E-state index contributed by atoms with van der Waals surface area (Å²) in [5.41, 5.74) is 2.22. The molecule has 0 amide bonds. The van der Waals surface area contributed by atoms with Gasteiger partial charge in [0.1, 0.15) is 5.65 Å². The number of carboxylic acid groups (broad SMARTS) is 1. The maximum absolute atomic E-state index is 10.9. The smallest absolute Gasteiger partial charge is 0.337 e. The van der Waals surface area contributed by atoms with Crippen molar-refractivity contribution in [1.82, 2.24) is 9.38 Å². The van der Waals surface area contributed by atoms with Crippen molar-refractivity contribution in [3.63, 3.8) is 0 Å². The molecule has 1 saturated heterocycles. The first-order valence-electron chi connectivity index (χ1n) is 6.04. The molecule has 18 heavy (non-hydrogen) atoms. The number of imidazole rings is 1. The average Bonchev–Trinajstić information content (AvgIpc) is 2.82. The summed E-state index contributed by atoms with van der Waals surface area (Å²) in [7, 11) is 0. The molecule has 94 valence electrons. The number of carboxylic acids is 1. The van der Waals surface area contributed by atoms with Gasteiger partial charge in [-0.05, 0) is 36.5 Å². The van der Waals surface area contributed by atoms with Crippen LogP contribution in [0, 0.1) is 0 Å². The van der Waals surface area contributed by atoms with Crippen molar-refractivity contribution in [3.05, 3.63) is 35.8 Å². The Kier molecular flexibility index (Phi) is 2.99. The van der Waals surface area contributed by atoms with Crippen molar-refractivity contribution < 1.29 is 9.90 Å². The minimum Gasteiger partial charge on any atom is -0.478 e. The van der Waals surface area contributed by atoms with Crippen molar-refractivity contribution in [2.45, 2.75) is 18.8 Å². The van der Waals surface area contributed by atoms with E-state index in [0.717, 1.165) is 11.3 Å². The molecule has 2 aromatic rings. The van der Waals surface area contributed by atoms with Crippen LogP contribution in [-0.4, -0.2) is 32.0 Å². The molecular formula is C13H14N2O2S. The standard InChI is InChI=1S/C13H14N2O2S/c16-13(17)10-1-2-12-14-11(8-15(12)7-10)9-3-5-18-6-4-9/h1-2,7-9H,3-6H2,(H,16,17). The summed E-state index contributed by atoms with van der Waals surface area (Å²) in [4.78, 5) is 15.5. The van der Waals surface area contributed by atoms with Gasteiger partial charge in [-0.25, -0.2) is 9.78 Å². The Bertz CT molecular complexity index is 588. The van der Waals surface area contributed by atoms with E-state index in [-0.39, 0.29) is 0 Å². The van der Waals surface area contributed by atoms with Crippen LogP contribution >= 0.6 is 11.8 Å². The lowest BCUT2D eigenvalue weighted by Crippen LogP contribution is -2.07. The van der Waals surface area contributed by atoms with Gasteiger partial charge in [0.15, 0.2) is 0 Å². The number of fused-ring (bicyclic) bond motifs is 1. The minimum absolute atomic E-state index is 0.297. The van der Waals surface area contributed by atoms with Crippen molar-refractivity contribution in [1.29, 1.82) is 0 Å². The average molecular weight is 262 g/mol. The van der Waals surface area contributed by atoms with E-state index in [1.54, 1.807) is 18.3 Å². The Morgan fingerprint density at radius 1 is 1.33 bits per heavy atom. The molecule has 1 aliphatic rings. The highest BCUT2D eigenvalue weighted by molar-refractivity contribution is 7.99. The van der Waals surface area contributed by atoms with Crippen molar-refractivity contribution in [3.8, 4) is 0 Å². The molecule has 3 rings (SSSR count). The molecule has 0 aromatic carbocycles. The van der Waals surface area contributed by atoms with E-state index < -0.39 is 5.97 Å². The molecule has 0 saturated carbocycles. The predicted octanol–water partition coefficient (Wildman–Crippen LogP) is 2.64. The van der Waals surface area contributed by atoms with Crippen LogP contribution in [0.25, 0.3) is 5.65 Å². The van der Waals surface area contributed by atoms with E-state index in [0.29, 0.717) is 11.5 Å². The highest BCUT2D eigenvalue weighted by Gasteiger charge is 2.18. The van der Waals surface area contributed by atoms with Gasteiger partial charge in [0.2, 0.25) is 0 Å². The third-order valence-corrected chi connectivity index (χ3v) is 4.40. The summed E-state index contributed by atoms with van der Waals surface area (Å²) in [6.45, 7) is 0. The van der Waals surface area contributed by atoms with Crippen molar-refractivity contribution in [2.24, 2.45) is 0 Å². The van der Waals surface area contributed by atoms with Gasteiger partial charge in [0.05, 0.1) is 11.3 Å². The number of aromatic carboxylic acids is 1. The predicted molar refractivity (Wildman–Crippen MR) is 71.5 cm³/mol. The van der Waals surface area contributed by atoms with Gasteiger partial charge in [-0.15, -0.1) is 0 Å². The number of carbonyl (C=O) groups is 1. The largest absolute Gasteiger partial charge is 0.478 e. The quantitative estimate of drug-likeness (QED) is 0.904. The van der Waals surface area contributed by atoms with Gasteiger partial charge in [0, 0.05) is 18.3 Å². The summed E-state index contributed by atoms with van der Waals surface area (Å²) in [5, 5.41) is 8.96. The topological polar surface area (TPSA) is 54.6 Å². The highest BCUT2D eigenvalue weighted by Crippen LogP contribution is 2.31. The molecule has 0 bridgehead atoms. The van der Waals surface area contributed by atoms with E-state index in [4.69, 9.17) is 5.11 Å². The first-order chi connectivity index (χ1) is 8.74. The second-order valence-corrected chi connectivity index (χ2v) is 5.77. The van der Waals surface area contributed by atoms with Crippen LogP contribution in [0.3, 0.4) is 0 Å². The third-order valence-electron chi connectivity index (χ3n) is 3.36. The van der Waals surface area contributed by atoms with Gasteiger partial charge in [-0.1, -0.05) is 0 Å². The first kappa shape index (κ1) is 11.6. The van der Waals surface area contributed by atoms with Gasteiger partial charge in [-0.2, -0.15) is 11.8 Å². The van der Waals surface area contributed by atoms with E-state index in [9.17, 15) is 4.79 Å². The Morgan fingerprint density at radius 2 is 2.11 bits per heavy atom. The SMILES string of the molecule is O=C(O)c1ccc2nc(C3CCSCC3)cn2c1. The number of hydrogen-bond acceptors (Lipinski definition) is 3. The maximum Gasteiger partial charge on any atom is 0.337 e. The van der Waals surface area contributed by atoms with Crippen LogP contribution in [0.15, 0.2) is 24.5 Å². The zero-order valence-corrected chi connectivity index (χ0v) is 10.7. The van der Waals surface area contributed by atoms with Gasteiger partial charge < -0.3 is 9.51 Å². The fourth-order valence-corrected chi connectivity index (χ4v) is 3.43. The second-order valence-electron chi connectivity index (χ2n) is 4.54. The van der Waals surface area contributed by atoms with Crippen LogP contribution in [0.2, 0.25) is 0 Å². The molecule has 0 spiro atoms. The lowest BCUT2D eigenvalue weighted by molar-refractivity contribution is 0.0696. The number of thioether (sulfide) groups is 1. The molecule has 0 aliphatic carbocycles. The molecule has 5 heteroatoms. The number of rotatable bonds is 2. The van der Waals surface area contributed by atoms with Crippen LogP contribution < -0.4 is 0 Å². The molecule has 0 atom stereocenters. The number of hydrogen-bond donors (Lipinski definition) is 1. The maximum atomic E-state index is 10.9. The second kappa shape index (κ2) is 4.65. The van der Waals surface area contributed by atoms with E-state index in [1.807, 2.05) is 22.4 Å². The lowest BCUT2D eigenvalue weighted by Gasteiger charge is -2.18. The monoisotopic (exact) mass is 262 g/mol. The molecule has 4 nitrogen and oxygen atoms in total. The fraction of sp³-hybridized carbons (Fsp3) is 0.385. The van der Waals surface area contributed by atoms with Gasteiger partial charge >= 0.3 is 5.97 Å². The molecule has 0 unspecified atom stereocenters.